The minimum Gasteiger partial charge on any atom is -0.494 e. The second kappa shape index (κ2) is 7.14. The van der Waals surface area contributed by atoms with Gasteiger partial charge in [-0.3, -0.25) is 4.79 Å². The number of carboxylic acids is 1. The molecule has 0 heterocycles. The van der Waals surface area contributed by atoms with E-state index in [0.717, 1.165) is 16.9 Å². The van der Waals surface area contributed by atoms with Crippen LogP contribution in [-0.2, 0) is 4.79 Å². The second-order valence-electron chi connectivity index (χ2n) is 4.58. The Balaban J connectivity index is 3.05. The van der Waals surface area contributed by atoms with Crippen LogP contribution in [0.25, 0.3) is 0 Å². The molecular formula is C15H23NO3. The summed E-state index contributed by atoms with van der Waals surface area (Å²) in [7, 11) is 1.79. The summed E-state index contributed by atoms with van der Waals surface area (Å²) in [4.78, 5) is 11.3. The van der Waals surface area contributed by atoms with Gasteiger partial charge in [0.25, 0.3) is 0 Å². The van der Waals surface area contributed by atoms with Crippen LogP contribution in [0.1, 0.15) is 37.4 Å². The lowest BCUT2D eigenvalue weighted by Gasteiger charge is -2.23. The number of hydrogen-bond donors (Lipinski definition) is 2. The Morgan fingerprint density at radius 2 is 2.11 bits per heavy atom. The smallest absolute Gasteiger partial charge is 0.308 e. The molecule has 0 bridgehead atoms. The molecule has 0 aliphatic rings. The van der Waals surface area contributed by atoms with Gasteiger partial charge >= 0.3 is 5.97 Å². The Kier molecular flexibility index (Phi) is 5.83. The van der Waals surface area contributed by atoms with E-state index in [0.29, 0.717) is 13.0 Å². The zero-order valence-electron chi connectivity index (χ0n) is 12.1. The number of aliphatic carboxylic acids is 1. The fraction of sp³-hybridized carbons (Fsp3) is 0.533. The number of aryl methyl sites for hydroxylation is 1. The summed E-state index contributed by atoms with van der Waals surface area (Å²) in [6, 6.07) is 5.66. The molecule has 0 saturated heterocycles. The highest BCUT2D eigenvalue weighted by Gasteiger charge is 2.26. The van der Waals surface area contributed by atoms with Crippen molar-refractivity contribution in [2.45, 2.75) is 33.2 Å². The molecule has 0 aliphatic carbocycles. The van der Waals surface area contributed by atoms with Gasteiger partial charge in [-0.1, -0.05) is 19.1 Å². The molecular weight excluding hydrogens is 242 g/mol. The van der Waals surface area contributed by atoms with E-state index >= 15 is 0 Å². The summed E-state index contributed by atoms with van der Waals surface area (Å²) >= 11 is 0. The van der Waals surface area contributed by atoms with Crippen molar-refractivity contribution in [1.82, 2.24) is 5.32 Å². The molecule has 4 heteroatoms. The Morgan fingerprint density at radius 1 is 1.42 bits per heavy atom. The first kappa shape index (κ1) is 15.5. The van der Waals surface area contributed by atoms with Gasteiger partial charge in [-0.2, -0.15) is 0 Å². The van der Waals surface area contributed by atoms with Crippen molar-refractivity contribution in [3.05, 3.63) is 29.3 Å². The highest BCUT2D eigenvalue weighted by atomic mass is 16.5. The van der Waals surface area contributed by atoms with E-state index in [1.807, 2.05) is 39.0 Å². The highest BCUT2D eigenvalue weighted by Crippen LogP contribution is 2.28. The van der Waals surface area contributed by atoms with E-state index in [1.54, 1.807) is 7.05 Å². The summed E-state index contributed by atoms with van der Waals surface area (Å²) < 4.78 is 5.50. The van der Waals surface area contributed by atoms with Gasteiger partial charge in [-0.25, -0.2) is 0 Å². The summed E-state index contributed by atoms with van der Waals surface area (Å²) in [6.45, 7) is 6.44. The van der Waals surface area contributed by atoms with Gasteiger partial charge in [0, 0.05) is 6.04 Å². The van der Waals surface area contributed by atoms with Crippen LogP contribution in [-0.4, -0.2) is 24.7 Å². The van der Waals surface area contributed by atoms with E-state index in [1.165, 1.54) is 0 Å². The average Bonchev–Trinajstić information content (AvgIpc) is 2.38. The average molecular weight is 265 g/mol. The fourth-order valence-corrected chi connectivity index (χ4v) is 2.34. The lowest BCUT2D eigenvalue weighted by Crippen LogP contribution is -2.30. The SMILES string of the molecule is CCOc1ccc(C(NC)C(CC)C(=O)O)cc1C. The van der Waals surface area contributed by atoms with Crippen LogP contribution in [0.15, 0.2) is 18.2 Å². The molecule has 2 unspecified atom stereocenters. The minimum absolute atomic E-state index is 0.183. The molecule has 2 atom stereocenters. The van der Waals surface area contributed by atoms with E-state index in [9.17, 15) is 9.90 Å². The van der Waals surface area contributed by atoms with Crippen molar-refractivity contribution in [2.75, 3.05) is 13.7 Å². The van der Waals surface area contributed by atoms with Crippen LogP contribution in [0.3, 0.4) is 0 Å². The Bertz CT molecular complexity index is 431. The van der Waals surface area contributed by atoms with Crippen LogP contribution in [0.2, 0.25) is 0 Å². The molecule has 1 aromatic carbocycles. The summed E-state index contributed by atoms with van der Waals surface area (Å²) in [5.41, 5.74) is 2.01. The fourth-order valence-electron chi connectivity index (χ4n) is 2.34. The van der Waals surface area contributed by atoms with Crippen LogP contribution in [0.5, 0.6) is 5.75 Å². The summed E-state index contributed by atoms with van der Waals surface area (Å²) in [6.07, 6.45) is 0.590. The number of rotatable bonds is 7. The van der Waals surface area contributed by atoms with Gasteiger partial charge in [-0.15, -0.1) is 0 Å². The van der Waals surface area contributed by atoms with Crippen LogP contribution in [0.4, 0.5) is 0 Å². The van der Waals surface area contributed by atoms with Crippen molar-refractivity contribution >= 4 is 5.97 Å². The Morgan fingerprint density at radius 3 is 2.53 bits per heavy atom. The largest absolute Gasteiger partial charge is 0.494 e. The first-order chi connectivity index (χ1) is 9.04. The molecule has 106 valence electrons. The third-order valence-electron chi connectivity index (χ3n) is 3.33. The highest BCUT2D eigenvalue weighted by molar-refractivity contribution is 5.71. The molecule has 0 aromatic heterocycles. The van der Waals surface area contributed by atoms with Crippen molar-refractivity contribution in [1.29, 1.82) is 0 Å². The van der Waals surface area contributed by atoms with Gasteiger partial charge in [-0.05, 0) is 44.5 Å². The molecule has 0 fully saturated rings. The van der Waals surface area contributed by atoms with Crippen molar-refractivity contribution < 1.29 is 14.6 Å². The van der Waals surface area contributed by atoms with Crippen molar-refractivity contribution in [2.24, 2.45) is 5.92 Å². The van der Waals surface area contributed by atoms with Gasteiger partial charge in [0.1, 0.15) is 5.75 Å². The predicted molar refractivity (Wildman–Crippen MR) is 75.6 cm³/mol. The quantitative estimate of drug-likeness (QED) is 0.796. The summed E-state index contributed by atoms with van der Waals surface area (Å²) in [5, 5.41) is 12.4. The maximum atomic E-state index is 11.3. The molecule has 1 rings (SSSR count). The topological polar surface area (TPSA) is 58.6 Å². The van der Waals surface area contributed by atoms with E-state index < -0.39 is 11.9 Å². The standard InChI is InChI=1S/C15H23NO3/c1-5-12(15(17)18)14(16-4)11-7-8-13(19-6-2)10(3)9-11/h7-9,12,14,16H,5-6H2,1-4H3,(H,17,18). The molecule has 2 N–H and O–H groups in total. The monoisotopic (exact) mass is 265 g/mol. The third-order valence-corrected chi connectivity index (χ3v) is 3.33. The number of carboxylic acid groups (broad SMARTS) is 1. The minimum atomic E-state index is -0.770. The molecule has 19 heavy (non-hydrogen) atoms. The third kappa shape index (κ3) is 3.70. The number of carbonyl (C=O) groups is 1. The van der Waals surface area contributed by atoms with Crippen LogP contribution in [0, 0.1) is 12.8 Å². The summed E-state index contributed by atoms with van der Waals surface area (Å²) in [5.74, 6) is -0.347. The molecule has 0 spiro atoms. The first-order valence-electron chi connectivity index (χ1n) is 6.68. The lowest BCUT2D eigenvalue weighted by atomic mass is 9.90. The zero-order valence-corrected chi connectivity index (χ0v) is 12.1. The first-order valence-corrected chi connectivity index (χ1v) is 6.68. The number of ether oxygens (including phenoxy) is 1. The van der Waals surface area contributed by atoms with E-state index in [2.05, 4.69) is 5.32 Å². The van der Waals surface area contributed by atoms with E-state index in [4.69, 9.17) is 4.74 Å². The normalized spacial score (nSPS) is 13.9. The lowest BCUT2D eigenvalue weighted by molar-refractivity contribution is -0.143. The number of benzene rings is 1. The molecule has 0 radical (unpaired) electrons. The van der Waals surface area contributed by atoms with Gasteiger partial charge in [0.2, 0.25) is 0 Å². The van der Waals surface area contributed by atoms with E-state index in [-0.39, 0.29) is 6.04 Å². The van der Waals surface area contributed by atoms with Crippen molar-refractivity contribution in [3.63, 3.8) is 0 Å². The Hall–Kier alpha value is -1.55. The zero-order chi connectivity index (χ0) is 14.4. The van der Waals surface area contributed by atoms with Gasteiger partial charge < -0.3 is 15.2 Å². The molecule has 0 saturated carbocycles. The predicted octanol–water partition coefficient (Wildman–Crippen LogP) is 2.77. The Labute approximate surface area is 114 Å². The maximum Gasteiger partial charge on any atom is 0.308 e. The van der Waals surface area contributed by atoms with Gasteiger partial charge in [0.15, 0.2) is 0 Å². The molecule has 1 aromatic rings. The molecule has 0 aliphatic heterocycles. The maximum absolute atomic E-state index is 11.3. The molecule has 0 amide bonds. The molecule has 4 nitrogen and oxygen atoms in total. The number of hydrogen-bond acceptors (Lipinski definition) is 3. The number of nitrogens with one attached hydrogen (secondary N) is 1. The van der Waals surface area contributed by atoms with Crippen LogP contribution < -0.4 is 10.1 Å². The second-order valence-corrected chi connectivity index (χ2v) is 4.58. The van der Waals surface area contributed by atoms with Crippen molar-refractivity contribution in [3.8, 4) is 5.75 Å². The van der Waals surface area contributed by atoms with Gasteiger partial charge in [0.05, 0.1) is 12.5 Å². The van der Waals surface area contributed by atoms with Crippen LogP contribution >= 0.6 is 0 Å².